The minimum absolute atomic E-state index is 0.512. The number of fused-ring (bicyclic) bond motifs is 3. The number of hydrogen-bond acceptors (Lipinski definition) is 1. The number of benzene rings is 4. The first-order valence-corrected chi connectivity index (χ1v) is 11.6. The molecule has 0 fully saturated rings. The molecule has 6 aromatic rings. The van der Waals surface area contributed by atoms with Crippen LogP contribution in [-0.4, -0.2) is 9.55 Å². The molecule has 0 unspecified atom stereocenters. The minimum atomic E-state index is 0.512. The van der Waals surface area contributed by atoms with Gasteiger partial charge in [-0.1, -0.05) is 60.7 Å². The molecule has 0 radical (unpaired) electrons. The number of nitrogens with zero attached hydrogens (tertiary/aromatic N) is 3. The molecule has 0 aliphatic heterocycles. The molecule has 6 rings (SSSR count). The zero-order valence-electron chi connectivity index (χ0n) is 17.7. The number of hydrogen-bond donors (Lipinski definition) is 0. The summed E-state index contributed by atoms with van der Waals surface area (Å²) in [6, 6.07) is 31.7. The van der Waals surface area contributed by atoms with Crippen LogP contribution >= 0.6 is 23.2 Å². The molecule has 0 amide bonds. The highest BCUT2D eigenvalue weighted by Crippen LogP contribution is 2.25. The van der Waals surface area contributed by atoms with Crippen molar-refractivity contribution >= 4 is 55.6 Å². The van der Waals surface area contributed by atoms with Crippen molar-refractivity contribution in [2.24, 2.45) is 0 Å². The highest BCUT2D eigenvalue weighted by atomic mass is 35.5. The molecule has 0 atom stereocenters. The zero-order chi connectivity index (χ0) is 22.4. The fourth-order valence-electron chi connectivity index (χ4n) is 4.38. The van der Waals surface area contributed by atoms with Gasteiger partial charge in [0.05, 0.1) is 11.2 Å². The molecule has 4 aromatic carbocycles. The Bertz CT molecular complexity index is 1650. The number of halogens is 2. The maximum atomic E-state index is 6.61. The van der Waals surface area contributed by atoms with E-state index in [1.807, 2.05) is 39.7 Å². The second kappa shape index (κ2) is 8.18. The number of aromatic nitrogens is 3. The Balaban J connectivity index is 1.30. The third-order valence-electron chi connectivity index (χ3n) is 6.06. The molecular formula is C28H20Cl2N3+. The molecular weight excluding hydrogens is 449 g/mol. The van der Waals surface area contributed by atoms with Crippen LogP contribution in [0, 0.1) is 0 Å². The maximum absolute atomic E-state index is 6.61. The summed E-state index contributed by atoms with van der Waals surface area (Å²) in [4.78, 5) is 4.76. The van der Waals surface area contributed by atoms with E-state index in [9.17, 15) is 0 Å². The van der Waals surface area contributed by atoms with Crippen molar-refractivity contribution in [1.82, 2.24) is 9.55 Å². The van der Waals surface area contributed by atoms with Crippen LogP contribution in [0.2, 0.25) is 10.3 Å². The highest BCUT2D eigenvalue weighted by molar-refractivity contribution is 6.39. The van der Waals surface area contributed by atoms with Gasteiger partial charge in [0.15, 0.2) is 0 Å². The lowest BCUT2D eigenvalue weighted by Gasteiger charge is -2.05. The van der Waals surface area contributed by atoms with Crippen LogP contribution in [0.25, 0.3) is 32.4 Å². The van der Waals surface area contributed by atoms with Crippen LogP contribution in [-0.2, 0) is 13.1 Å². The molecule has 0 saturated carbocycles. The van der Waals surface area contributed by atoms with Crippen molar-refractivity contribution < 1.29 is 4.57 Å². The summed E-state index contributed by atoms with van der Waals surface area (Å²) in [5, 5.41) is 7.10. The molecule has 0 aliphatic rings. The molecule has 3 nitrogen and oxygen atoms in total. The molecule has 33 heavy (non-hydrogen) atoms. The van der Waals surface area contributed by atoms with E-state index in [2.05, 4.69) is 66.7 Å². The lowest BCUT2D eigenvalue weighted by molar-refractivity contribution is -0.685. The Kier molecular flexibility index (Phi) is 5.01. The third kappa shape index (κ3) is 3.84. The zero-order valence-corrected chi connectivity index (χ0v) is 19.3. The smallest absolute Gasteiger partial charge is 0.249 e. The summed E-state index contributed by atoms with van der Waals surface area (Å²) in [6.45, 7) is 1.19. The van der Waals surface area contributed by atoms with E-state index in [1.165, 1.54) is 27.1 Å². The Morgan fingerprint density at radius 3 is 2.18 bits per heavy atom. The lowest BCUT2D eigenvalue weighted by Crippen LogP contribution is -2.33. The van der Waals surface area contributed by atoms with Gasteiger partial charge in [-0.3, -0.25) is 0 Å². The molecule has 160 valence electrons. The molecule has 5 heteroatoms. The summed E-state index contributed by atoms with van der Waals surface area (Å²) >= 11 is 13.2. The summed E-state index contributed by atoms with van der Waals surface area (Å²) in [5.74, 6) is 0. The SMILES string of the molecule is Clc1c(Cl)[n+](Cc2ccc3cc4ccccc4cc3c2)cn1Cc1ccc2ccccc2n1. The van der Waals surface area contributed by atoms with Crippen LogP contribution in [0.15, 0.2) is 97.3 Å². The van der Waals surface area contributed by atoms with Gasteiger partial charge in [0.25, 0.3) is 10.3 Å². The fourth-order valence-corrected chi connectivity index (χ4v) is 4.81. The van der Waals surface area contributed by atoms with Crippen LogP contribution in [0.4, 0.5) is 0 Å². The first-order valence-electron chi connectivity index (χ1n) is 10.8. The largest absolute Gasteiger partial charge is 0.255 e. The number of imidazole rings is 1. The number of rotatable bonds is 4. The lowest BCUT2D eigenvalue weighted by atomic mass is 10.0. The Labute approximate surface area is 201 Å². The quantitative estimate of drug-likeness (QED) is 0.201. The van der Waals surface area contributed by atoms with Crippen molar-refractivity contribution in [2.75, 3.05) is 0 Å². The van der Waals surface area contributed by atoms with Crippen molar-refractivity contribution in [1.29, 1.82) is 0 Å². The molecule has 2 aromatic heterocycles. The predicted molar refractivity (Wildman–Crippen MR) is 136 cm³/mol. The minimum Gasteiger partial charge on any atom is -0.249 e. The van der Waals surface area contributed by atoms with Crippen LogP contribution in [0.3, 0.4) is 0 Å². The monoisotopic (exact) mass is 468 g/mol. The van der Waals surface area contributed by atoms with Gasteiger partial charge in [-0.2, -0.15) is 0 Å². The van der Waals surface area contributed by atoms with Gasteiger partial charge in [0.1, 0.15) is 13.1 Å². The Morgan fingerprint density at radius 1 is 0.697 bits per heavy atom. The van der Waals surface area contributed by atoms with E-state index in [1.54, 1.807) is 0 Å². The predicted octanol–water partition coefficient (Wildman–Crippen LogP) is 7.03. The van der Waals surface area contributed by atoms with E-state index in [4.69, 9.17) is 28.2 Å². The molecule has 2 heterocycles. The van der Waals surface area contributed by atoms with Gasteiger partial charge in [-0.05, 0) is 80.6 Å². The normalized spacial score (nSPS) is 11.6. The maximum Gasteiger partial charge on any atom is 0.255 e. The summed E-state index contributed by atoms with van der Waals surface area (Å²) in [6.07, 6.45) is 1.96. The molecule has 0 bridgehead atoms. The Morgan fingerprint density at radius 2 is 1.36 bits per heavy atom. The van der Waals surface area contributed by atoms with Gasteiger partial charge in [0, 0.05) is 5.39 Å². The molecule has 0 saturated heterocycles. The van der Waals surface area contributed by atoms with Gasteiger partial charge in [-0.15, -0.1) is 0 Å². The van der Waals surface area contributed by atoms with Crippen molar-refractivity contribution in [3.8, 4) is 0 Å². The topological polar surface area (TPSA) is 21.7 Å². The van der Waals surface area contributed by atoms with Crippen LogP contribution in [0.1, 0.15) is 11.3 Å². The highest BCUT2D eigenvalue weighted by Gasteiger charge is 2.21. The summed E-state index contributed by atoms with van der Waals surface area (Å²) in [5.41, 5.74) is 3.08. The summed E-state index contributed by atoms with van der Waals surface area (Å²) < 4.78 is 3.92. The van der Waals surface area contributed by atoms with E-state index >= 15 is 0 Å². The van der Waals surface area contributed by atoms with Crippen molar-refractivity contribution in [2.45, 2.75) is 13.1 Å². The Hall–Kier alpha value is -3.40. The molecule has 0 spiro atoms. The van der Waals surface area contributed by atoms with Gasteiger partial charge >= 0.3 is 0 Å². The average molecular weight is 469 g/mol. The molecule has 0 N–H and O–H groups in total. The molecule has 0 aliphatic carbocycles. The number of para-hydroxylation sites is 1. The van der Waals surface area contributed by atoms with E-state index in [-0.39, 0.29) is 0 Å². The summed E-state index contributed by atoms with van der Waals surface area (Å²) in [7, 11) is 0. The first kappa shape index (κ1) is 20.2. The van der Waals surface area contributed by atoms with Gasteiger partial charge in [0.2, 0.25) is 6.33 Å². The average Bonchev–Trinajstić information content (AvgIpc) is 3.10. The van der Waals surface area contributed by atoms with Gasteiger partial charge in [-0.25, -0.2) is 14.1 Å². The van der Waals surface area contributed by atoms with Crippen molar-refractivity contribution in [3.05, 3.63) is 119 Å². The first-order chi connectivity index (χ1) is 16.1. The van der Waals surface area contributed by atoms with Crippen molar-refractivity contribution in [3.63, 3.8) is 0 Å². The van der Waals surface area contributed by atoms with E-state index in [0.29, 0.717) is 23.4 Å². The van der Waals surface area contributed by atoms with Crippen LogP contribution in [0.5, 0.6) is 0 Å². The number of pyridine rings is 1. The second-order valence-electron chi connectivity index (χ2n) is 8.33. The fraction of sp³-hybridized carbons (Fsp3) is 0.0714. The van der Waals surface area contributed by atoms with E-state index in [0.717, 1.165) is 16.6 Å². The standard InChI is InChI=1S/C28H20Cl2N3/c29-27-28(30)33(17-25-12-11-20-5-3-4-8-26(20)31-25)18-32(27)16-19-9-10-23-14-21-6-1-2-7-22(21)15-24(23)13-19/h1-15,18H,16-17H2/q+1. The van der Waals surface area contributed by atoms with E-state index < -0.39 is 0 Å². The van der Waals surface area contributed by atoms with Gasteiger partial charge < -0.3 is 0 Å². The van der Waals surface area contributed by atoms with Crippen LogP contribution < -0.4 is 4.57 Å². The second-order valence-corrected chi connectivity index (χ2v) is 9.05. The third-order valence-corrected chi connectivity index (χ3v) is 6.95.